The van der Waals surface area contributed by atoms with Crippen LogP contribution in [0.5, 0.6) is 0 Å². The van der Waals surface area contributed by atoms with E-state index in [1.807, 2.05) is 19.9 Å². The molecule has 16 heavy (non-hydrogen) atoms. The van der Waals surface area contributed by atoms with E-state index in [4.69, 9.17) is 0 Å². The predicted molar refractivity (Wildman–Crippen MR) is 70.3 cm³/mol. The van der Waals surface area contributed by atoms with Crippen LogP contribution in [0, 0.1) is 0 Å². The Labute approximate surface area is 102 Å². The van der Waals surface area contributed by atoms with Crippen LogP contribution >= 0.6 is 12.6 Å². The summed E-state index contributed by atoms with van der Waals surface area (Å²) in [5.41, 5.74) is 2.97. The molecule has 2 nitrogen and oxygen atoms in total. The Balaban J connectivity index is 2.33. The van der Waals surface area contributed by atoms with E-state index < -0.39 is 5.41 Å². The number of benzene rings is 1. The Morgan fingerprint density at radius 1 is 1.38 bits per heavy atom. The third kappa shape index (κ3) is 1.84. The summed E-state index contributed by atoms with van der Waals surface area (Å²) in [6, 6.07) is 6.25. The smallest absolute Gasteiger partial charge is 0.234 e. The summed E-state index contributed by atoms with van der Waals surface area (Å²) in [6.07, 6.45) is 2.10. The number of nitrogens with one attached hydrogen (secondary N) is 1. The van der Waals surface area contributed by atoms with E-state index >= 15 is 0 Å². The molecule has 0 radical (unpaired) electrons. The first-order valence-corrected chi connectivity index (χ1v) is 6.24. The summed E-state index contributed by atoms with van der Waals surface area (Å²) in [7, 11) is 0. The molecule has 0 spiro atoms. The van der Waals surface area contributed by atoms with Crippen LogP contribution in [-0.2, 0) is 16.6 Å². The van der Waals surface area contributed by atoms with E-state index in [1.54, 1.807) is 0 Å². The van der Waals surface area contributed by atoms with Gasteiger partial charge in [-0.3, -0.25) is 4.79 Å². The second-order valence-electron chi connectivity index (χ2n) is 4.79. The average molecular weight is 235 g/mol. The summed E-state index contributed by atoms with van der Waals surface area (Å²) >= 11 is 4.21. The van der Waals surface area contributed by atoms with Gasteiger partial charge in [0.25, 0.3) is 0 Å². The summed E-state index contributed by atoms with van der Waals surface area (Å²) < 4.78 is 0. The Morgan fingerprint density at radius 3 is 2.81 bits per heavy atom. The number of anilines is 1. The second-order valence-corrected chi connectivity index (χ2v) is 5.23. The van der Waals surface area contributed by atoms with E-state index in [0.717, 1.165) is 29.8 Å². The van der Waals surface area contributed by atoms with Crippen molar-refractivity contribution in [2.45, 2.75) is 32.1 Å². The Bertz CT molecular complexity index is 426. The van der Waals surface area contributed by atoms with Gasteiger partial charge < -0.3 is 5.32 Å². The van der Waals surface area contributed by atoms with Crippen molar-refractivity contribution >= 4 is 24.2 Å². The van der Waals surface area contributed by atoms with Gasteiger partial charge in [0.05, 0.1) is 5.41 Å². The molecule has 0 aliphatic carbocycles. The first-order valence-electron chi connectivity index (χ1n) is 5.61. The maximum Gasteiger partial charge on any atom is 0.234 e. The lowest BCUT2D eigenvalue weighted by Gasteiger charge is -2.15. The summed E-state index contributed by atoms with van der Waals surface area (Å²) in [5, 5.41) is 2.92. The minimum absolute atomic E-state index is 0.0915. The summed E-state index contributed by atoms with van der Waals surface area (Å²) in [6.45, 7) is 3.94. The van der Waals surface area contributed by atoms with Crippen LogP contribution < -0.4 is 5.32 Å². The SMILES string of the molecule is CC1(C)C(=O)Nc2ccc(CCCS)cc21. The molecule has 1 heterocycles. The number of thiol groups is 1. The molecule has 1 amide bonds. The van der Waals surface area contributed by atoms with Crippen LogP contribution in [0.15, 0.2) is 18.2 Å². The number of fused-ring (bicyclic) bond motifs is 1. The van der Waals surface area contributed by atoms with Crippen LogP contribution in [0.4, 0.5) is 5.69 Å². The highest BCUT2D eigenvalue weighted by atomic mass is 32.1. The maximum atomic E-state index is 11.8. The molecule has 1 aromatic carbocycles. The molecular formula is C13H17NOS. The van der Waals surface area contributed by atoms with Gasteiger partial charge in [0.15, 0.2) is 0 Å². The molecule has 86 valence electrons. The number of amides is 1. The third-order valence-corrected chi connectivity index (χ3v) is 3.51. The van der Waals surface area contributed by atoms with Gasteiger partial charge in [-0.15, -0.1) is 0 Å². The van der Waals surface area contributed by atoms with Crippen molar-refractivity contribution in [3.63, 3.8) is 0 Å². The van der Waals surface area contributed by atoms with E-state index in [0.29, 0.717) is 0 Å². The normalized spacial score (nSPS) is 17.1. The minimum Gasteiger partial charge on any atom is -0.325 e. The Hall–Kier alpha value is -0.960. The molecule has 1 aliphatic heterocycles. The van der Waals surface area contributed by atoms with E-state index in [9.17, 15) is 4.79 Å². The van der Waals surface area contributed by atoms with Crippen LogP contribution in [0.2, 0.25) is 0 Å². The number of hydrogen-bond acceptors (Lipinski definition) is 2. The Morgan fingerprint density at radius 2 is 2.12 bits per heavy atom. The second kappa shape index (κ2) is 4.13. The van der Waals surface area contributed by atoms with Crippen LogP contribution in [0.3, 0.4) is 0 Å². The lowest BCUT2D eigenvalue weighted by Crippen LogP contribution is -2.26. The zero-order valence-electron chi connectivity index (χ0n) is 9.71. The van der Waals surface area contributed by atoms with Crippen molar-refractivity contribution in [3.05, 3.63) is 29.3 Å². The quantitative estimate of drug-likeness (QED) is 0.775. The molecule has 0 saturated heterocycles. The Kier molecular flexibility index (Phi) is 2.98. The summed E-state index contributed by atoms with van der Waals surface area (Å²) in [4.78, 5) is 11.8. The van der Waals surface area contributed by atoms with Crippen LogP contribution in [0.1, 0.15) is 31.4 Å². The highest BCUT2D eigenvalue weighted by Crippen LogP contribution is 2.37. The highest BCUT2D eigenvalue weighted by Gasteiger charge is 2.38. The number of hydrogen-bond donors (Lipinski definition) is 2. The topological polar surface area (TPSA) is 29.1 Å². The number of carbonyl (C=O) groups is 1. The van der Waals surface area contributed by atoms with Gasteiger partial charge in [0, 0.05) is 5.69 Å². The molecule has 0 unspecified atom stereocenters. The van der Waals surface area contributed by atoms with Crippen molar-refractivity contribution in [1.29, 1.82) is 0 Å². The van der Waals surface area contributed by atoms with Crippen LogP contribution in [-0.4, -0.2) is 11.7 Å². The standard InChI is InChI=1S/C13H17NOS/c1-13(2)10-8-9(4-3-7-16)5-6-11(10)14-12(13)15/h5-6,8,16H,3-4,7H2,1-2H3,(H,14,15). The molecule has 1 N–H and O–H groups in total. The molecule has 0 atom stereocenters. The lowest BCUT2D eigenvalue weighted by molar-refractivity contribution is -0.119. The van der Waals surface area contributed by atoms with Crippen molar-refractivity contribution in [2.75, 3.05) is 11.1 Å². The average Bonchev–Trinajstić information content (AvgIpc) is 2.48. The highest BCUT2D eigenvalue weighted by molar-refractivity contribution is 7.80. The van der Waals surface area contributed by atoms with Crippen molar-refractivity contribution in [1.82, 2.24) is 0 Å². The fourth-order valence-electron chi connectivity index (χ4n) is 2.06. The first kappa shape index (κ1) is 11.5. The van der Waals surface area contributed by atoms with Crippen molar-refractivity contribution in [3.8, 4) is 0 Å². The molecule has 3 heteroatoms. The fourth-order valence-corrected chi connectivity index (χ4v) is 2.22. The minimum atomic E-state index is -0.397. The predicted octanol–water partition coefficient (Wildman–Crippen LogP) is 2.78. The van der Waals surface area contributed by atoms with E-state index in [-0.39, 0.29) is 5.91 Å². The molecule has 1 aromatic rings. The zero-order valence-corrected chi connectivity index (χ0v) is 10.6. The van der Waals surface area contributed by atoms with Gasteiger partial charge in [-0.25, -0.2) is 0 Å². The molecule has 1 aliphatic rings. The lowest BCUT2D eigenvalue weighted by atomic mass is 9.85. The molecule has 0 aromatic heterocycles. The van der Waals surface area contributed by atoms with E-state index in [1.165, 1.54) is 5.56 Å². The first-order chi connectivity index (χ1) is 7.55. The monoisotopic (exact) mass is 235 g/mol. The number of carbonyl (C=O) groups excluding carboxylic acids is 1. The largest absolute Gasteiger partial charge is 0.325 e. The van der Waals surface area contributed by atoms with E-state index in [2.05, 4.69) is 30.1 Å². The van der Waals surface area contributed by atoms with Gasteiger partial charge in [-0.05, 0) is 49.6 Å². The van der Waals surface area contributed by atoms with Gasteiger partial charge in [0.1, 0.15) is 0 Å². The molecule has 0 saturated carbocycles. The van der Waals surface area contributed by atoms with Gasteiger partial charge in [0.2, 0.25) is 5.91 Å². The molecular weight excluding hydrogens is 218 g/mol. The molecule has 0 fully saturated rings. The molecule has 0 bridgehead atoms. The van der Waals surface area contributed by atoms with Crippen molar-refractivity contribution in [2.24, 2.45) is 0 Å². The molecule has 2 rings (SSSR count). The van der Waals surface area contributed by atoms with Gasteiger partial charge in [-0.1, -0.05) is 12.1 Å². The maximum absolute atomic E-state index is 11.8. The van der Waals surface area contributed by atoms with Crippen LogP contribution in [0.25, 0.3) is 0 Å². The summed E-state index contributed by atoms with van der Waals surface area (Å²) in [5.74, 6) is 0.992. The third-order valence-electron chi connectivity index (χ3n) is 3.20. The van der Waals surface area contributed by atoms with Gasteiger partial charge in [-0.2, -0.15) is 12.6 Å². The number of rotatable bonds is 3. The fraction of sp³-hybridized carbons (Fsp3) is 0.462. The van der Waals surface area contributed by atoms with Gasteiger partial charge >= 0.3 is 0 Å². The van der Waals surface area contributed by atoms with Crippen molar-refractivity contribution < 1.29 is 4.79 Å². The zero-order chi connectivity index (χ0) is 11.8. The number of aryl methyl sites for hydroxylation is 1.